The summed E-state index contributed by atoms with van der Waals surface area (Å²) in [4.78, 5) is 4.20. The summed E-state index contributed by atoms with van der Waals surface area (Å²) in [6.07, 6.45) is 2.26. The molecule has 0 aliphatic rings. The molecule has 0 fully saturated rings. The number of aryl methyl sites for hydroxylation is 1. The van der Waals surface area contributed by atoms with Gasteiger partial charge in [0.05, 0.1) is 18.2 Å². The molecule has 0 saturated carbocycles. The molecule has 70 valence electrons. The van der Waals surface area contributed by atoms with E-state index in [9.17, 15) is 0 Å². The summed E-state index contributed by atoms with van der Waals surface area (Å²) in [5.74, 6) is 0.956. The van der Waals surface area contributed by atoms with Crippen molar-refractivity contribution in [2.24, 2.45) is 7.05 Å². The molecular weight excluding hydrogens is 186 g/mol. The Morgan fingerprint density at radius 2 is 2.31 bits per heavy atom. The van der Waals surface area contributed by atoms with Crippen molar-refractivity contribution in [1.29, 1.82) is 5.26 Å². The molecule has 1 rings (SSSR count). The SMILES string of the molecule is CCCc1nc(Cl)c(CC#N)n1C. The molecule has 1 aromatic rings. The van der Waals surface area contributed by atoms with Crippen LogP contribution in [0.15, 0.2) is 0 Å². The molecule has 0 saturated heterocycles. The Morgan fingerprint density at radius 1 is 1.62 bits per heavy atom. The van der Waals surface area contributed by atoms with Crippen molar-refractivity contribution < 1.29 is 0 Å². The lowest BCUT2D eigenvalue weighted by Gasteiger charge is -2.01. The minimum atomic E-state index is 0.325. The van der Waals surface area contributed by atoms with E-state index in [0.29, 0.717) is 11.6 Å². The van der Waals surface area contributed by atoms with Crippen LogP contribution in [0.3, 0.4) is 0 Å². The van der Waals surface area contributed by atoms with Gasteiger partial charge in [0.2, 0.25) is 0 Å². The standard InChI is InChI=1S/C9H12ClN3/c1-3-4-8-12-9(10)7(5-6-11)13(8)2/h3-5H2,1-2H3. The molecule has 3 nitrogen and oxygen atoms in total. The highest BCUT2D eigenvalue weighted by Crippen LogP contribution is 2.17. The summed E-state index contributed by atoms with van der Waals surface area (Å²) < 4.78 is 1.91. The van der Waals surface area contributed by atoms with Crippen LogP contribution in [0.25, 0.3) is 0 Å². The molecule has 4 heteroatoms. The predicted octanol–water partition coefficient (Wildman–Crippen LogP) is 2.09. The minimum Gasteiger partial charge on any atom is -0.333 e. The van der Waals surface area contributed by atoms with Crippen LogP contribution in [-0.2, 0) is 19.9 Å². The number of rotatable bonds is 3. The van der Waals surface area contributed by atoms with Crippen LogP contribution in [0.2, 0.25) is 5.15 Å². The third-order valence-corrected chi connectivity index (χ3v) is 2.28. The van der Waals surface area contributed by atoms with Crippen LogP contribution in [-0.4, -0.2) is 9.55 Å². The molecular formula is C9H12ClN3. The molecule has 1 aromatic heterocycles. The molecule has 0 unspecified atom stereocenters. The van der Waals surface area contributed by atoms with Crippen LogP contribution in [0.4, 0.5) is 0 Å². The van der Waals surface area contributed by atoms with E-state index >= 15 is 0 Å². The molecule has 0 bridgehead atoms. The van der Waals surface area contributed by atoms with Crippen LogP contribution in [0, 0.1) is 11.3 Å². The highest BCUT2D eigenvalue weighted by molar-refractivity contribution is 6.30. The molecule has 0 atom stereocenters. The van der Waals surface area contributed by atoms with Crippen molar-refractivity contribution in [3.63, 3.8) is 0 Å². The zero-order valence-electron chi connectivity index (χ0n) is 7.84. The van der Waals surface area contributed by atoms with Gasteiger partial charge in [-0.05, 0) is 6.42 Å². The lowest BCUT2D eigenvalue weighted by molar-refractivity contribution is 0.738. The van der Waals surface area contributed by atoms with E-state index in [-0.39, 0.29) is 0 Å². The quantitative estimate of drug-likeness (QED) is 0.745. The van der Waals surface area contributed by atoms with Crippen molar-refractivity contribution in [1.82, 2.24) is 9.55 Å². The number of hydrogen-bond acceptors (Lipinski definition) is 2. The topological polar surface area (TPSA) is 41.6 Å². The monoisotopic (exact) mass is 197 g/mol. The van der Waals surface area contributed by atoms with Crippen molar-refractivity contribution in [3.8, 4) is 6.07 Å². The van der Waals surface area contributed by atoms with Gasteiger partial charge in [-0.15, -0.1) is 0 Å². The Kier molecular flexibility index (Phi) is 3.32. The van der Waals surface area contributed by atoms with E-state index < -0.39 is 0 Å². The molecule has 0 aliphatic heterocycles. The molecule has 13 heavy (non-hydrogen) atoms. The van der Waals surface area contributed by atoms with Gasteiger partial charge < -0.3 is 4.57 Å². The van der Waals surface area contributed by atoms with Gasteiger partial charge in [0.25, 0.3) is 0 Å². The van der Waals surface area contributed by atoms with E-state index in [0.717, 1.165) is 24.4 Å². The van der Waals surface area contributed by atoms with Crippen LogP contribution in [0.1, 0.15) is 24.9 Å². The van der Waals surface area contributed by atoms with Gasteiger partial charge >= 0.3 is 0 Å². The number of nitrogens with zero attached hydrogens (tertiary/aromatic N) is 3. The summed E-state index contributed by atoms with van der Waals surface area (Å²) in [5.41, 5.74) is 0.813. The number of aromatic nitrogens is 2. The summed E-state index contributed by atoms with van der Waals surface area (Å²) in [5, 5.41) is 9.02. The lowest BCUT2D eigenvalue weighted by atomic mass is 10.3. The largest absolute Gasteiger partial charge is 0.333 e. The van der Waals surface area contributed by atoms with Crippen LogP contribution >= 0.6 is 11.6 Å². The van der Waals surface area contributed by atoms with Gasteiger partial charge in [-0.3, -0.25) is 0 Å². The number of halogens is 1. The fourth-order valence-electron chi connectivity index (χ4n) is 1.26. The Morgan fingerprint density at radius 3 is 2.85 bits per heavy atom. The van der Waals surface area contributed by atoms with Gasteiger partial charge in [0, 0.05) is 13.5 Å². The number of imidazole rings is 1. The molecule has 0 spiro atoms. The second-order valence-electron chi connectivity index (χ2n) is 2.91. The van der Waals surface area contributed by atoms with E-state index in [1.165, 1.54) is 0 Å². The van der Waals surface area contributed by atoms with E-state index in [2.05, 4.69) is 18.0 Å². The summed E-state index contributed by atoms with van der Waals surface area (Å²) in [6.45, 7) is 2.09. The lowest BCUT2D eigenvalue weighted by Crippen LogP contribution is -2.01. The van der Waals surface area contributed by atoms with Gasteiger partial charge in [-0.25, -0.2) is 4.98 Å². The molecule has 0 aliphatic carbocycles. The predicted molar refractivity (Wildman–Crippen MR) is 51.5 cm³/mol. The fraction of sp³-hybridized carbons (Fsp3) is 0.556. The number of nitriles is 1. The molecule has 0 radical (unpaired) electrons. The van der Waals surface area contributed by atoms with Crippen molar-refractivity contribution >= 4 is 11.6 Å². The second kappa shape index (κ2) is 4.29. The Labute approximate surface area is 83.0 Å². The first kappa shape index (κ1) is 10.1. The summed E-state index contributed by atoms with van der Waals surface area (Å²) in [7, 11) is 1.90. The van der Waals surface area contributed by atoms with Gasteiger partial charge in [-0.2, -0.15) is 5.26 Å². The second-order valence-corrected chi connectivity index (χ2v) is 3.27. The van der Waals surface area contributed by atoms with Crippen LogP contribution in [0.5, 0.6) is 0 Å². The first-order chi connectivity index (χ1) is 6.20. The minimum absolute atomic E-state index is 0.325. The average Bonchev–Trinajstić information content (AvgIpc) is 2.34. The summed E-state index contributed by atoms with van der Waals surface area (Å²) in [6, 6.07) is 2.08. The highest BCUT2D eigenvalue weighted by atomic mass is 35.5. The Hall–Kier alpha value is -1.01. The molecule has 0 amide bonds. The van der Waals surface area contributed by atoms with E-state index in [4.69, 9.17) is 16.9 Å². The maximum absolute atomic E-state index is 8.56. The van der Waals surface area contributed by atoms with Crippen molar-refractivity contribution in [2.75, 3.05) is 0 Å². The number of hydrogen-bond donors (Lipinski definition) is 0. The zero-order chi connectivity index (χ0) is 9.84. The third-order valence-electron chi connectivity index (χ3n) is 1.98. The van der Waals surface area contributed by atoms with Crippen molar-refractivity contribution in [3.05, 3.63) is 16.7 Å². The average molecular weight is 198 g/mol. The maximum atomic E-state index is 8.56. The van der Waals surface area contributed by atoms with E-state index in [1.807, 2.05) is 11.6 Å². The van der Waals surface area contributed by atoms with Crippen molar-refractivity contribution in [2.45, 2.75) is 26.2 Å². The molecule has 1 heterocycles. The van der Waals surface area contributed by atoms with Gasteiger partial charge in [-0.1, -0.05) is 18.5 Å². The van der Waals surface area contributed by atoms with Crippen LogP contribution < -0.4 is 0 Å². The Balaban J connectivity index is 3.01. The third kappa shape index (κ3) is 2.02. The van der Waals surface area contributed by atoms with Gasteiger partial charge in [0.15, 0.2) is 5.15 Å². The molecule has 0 aromatic carbocycles. The maximum Gasteiger partial charge on any atom is 0.151 e. The normalized spacial score (nSPS) is 10.0. The highest BCUT2D eigenvalue weighted by Gasteiger charge is 2.11. The smallest absolute Gasteiger partial charge is 0.151 e. The first-order valence-electron chi connectivity index (χ1n) is 4.27. The Bertz CT molecular complexity index is 335. The first-order valence-corrected chi connectivity index (χ1v) is 4.65. The fourth-order valence-corrected chi connectivity index (χ4v) is 1.55. The molecule has 0 N–H and O–H groups in total. The van der Waals surface area contributed by atoms with E-state index in [1.54, 1.807) is 0 Å². The van der Waals surface area contributed by atoms with Gasteiger partial charge in [0.1, 0.15) is 5.82 Å². The summed E-state index contributed by atoms with van der Waals surface area (Å²) >= 11 is 5.88. The zero-order valence-corrected chi connectivity index (χ0v) is 8.60.